The molecule has 0 saturated heterocycles. The predicted octanol–water partition coefficient (Wildman–Crippen LogP) is 4.24. The van der Waals surface area contributed by atoms with Gasteiger partial charge >= 0.3 is 0 Å². The van der Waals surface area contributed by atoms with Crippen molar-refractivity contribution in [3.63, 3.8) is 0 Å². The van der Waals surface area contributed by atoms with E-state index in [9.17, 15) is 3.89 Å². The quantitative estimate of drug-likeness (QED) is 0.610. The van der Waals surface area contributed by atoms with E-state index < -0.39 is 0 Å². The van der Waals surface area contributed by atoms with Crippen molar-refractivity contribution < 1.29 is 3.89 Å². The summed E-state index contributed by atoms with van der Waals surface area (Å²) in [5.41, 5.74) is 1.93. The van der Waals surface area contributed by atoms with Crippen LogP contribution in [0, 0.1) is 0 Å². The van der Waals surface area contributed by atoms with E-state index in [-0.39, 0.29) is 12.1 Å². The van der Waals surface area contributed by atoms with Gasteiger partial charge in [0.15, 0.2) is 0 Å². The molecule has 23 heavy (non-hydrogen) atoms. The zero-order valence-electron chi connectivity index (χ0n) is 12.2. The molecule has 4 aromatic rings. The maximum atomic E-state index is 12.6. The zero-order valence-corrected chi connectivity index (χ0v) is 13.0. The number of anilines is 2. The number of hydrogen-bond donors (Lipinski definition) is 1. The van der Waals surface area contributed by atoms with Crippen molar-refractivity contribution in [3.05, 3.63) is 48.8 Å². The fourth-order valence-corrected chi connectivity index (χ4v) is 2.91. The summed E-state index contributed by atoms with van der Waals surface area (Å²) in [5, 5.41) is 5.53. The van der Waals surface area contributed by atoms with E-state index in [2.05, 4.69) is 20.3 Å². The molecular formula is C16H12FN5S. The molecule has 5 nitrogen and oxygen atoms in total. The Morgan fingerprint density at radius 3 is 2.78 bits per heavy atom. The Morgan fingerprint density at radius 1 is 1.04 bits per heavy atom. The Kier molecular flexibility index (Phi) is 3.34. The number of fused-ring (bicyclic) bond motifs is 3. The molecule has 0 unspecified atom stereocenters. The number of rotatable bonds is 3. The van der Waals surface area contributed by atoms with Gasteiger partial charge in [0.25, 0.3) is 0 Å². The van der Waals surface area contributed by atoms with Crippen LogP contribution >= 0.6 is 12.1 Å². The Labute approximate surface area is 135 Å². The van der Waals surface area contributed by atoms with Gasteiger partial charge in [0.1, 0.15) is 34.5 Å². The number of pyridine rings is 3. The highest BCUT2D eigenvalue weighted by Crippen LogP contribution is 2.28. The third kappa shape index (κ3) is 2.39. The lowest BCUT2D eigenvalue weighted by molar-refractivity contribution is 0.920. The van der Waals surface area contributed by atoms with E-state index in [0.29, 0.717) is 16.7 Å². The first kappa shape index (κ1) is 14.0. The van der Waals surface area contributed by atoms with Crippen molar-refractivity contribution in [1.82, 2.24) is 19.5 Å². The van der Waals surface area contributed by atoms with Gasteiger partial charge in [-0.15, -0.1) is 0 Å². The molecule has 4 rings (SSSR count). The monoisotopic (exact) mass is 325 g/mol. The number of halogens is 1. The molecule has 0 aromatic carbocycles. The largest absolute Gasteiger partial charge is 0.328 e. The van der Waals surface area contributed by atoms with Crippen LogP contribution in [0.25, 0.3) is 21.9 Å². The van der Waals surface area contributed by atoms with Crippen molar-refractivity contribution in [2.45, 2.75) is 5.03 Å². The fourth-order valence-electron chi connectivity index (χ4n) is 2.64. The number of aryl methyl sites for hydroxylation is 1. The van der Waals surface area contributed by atoms with Crippen LogP contribution in [0.1, 0.15) is 0 Å². The predicted molar refractivity (Wildman–Crippen MR) is 90.5 cm³/mol. The van der Waals surface area contributed by atoms with Gasteiger partial charge in [-0.3, -0.25) is 4.98 Å². The number of hydrogen-bond acceptors (Lipinski definition) is 5. The molecule has 0 fully saturated rings. The third-order valence-electron chi connectivity index (χ3n) is 3.70. The number of aromatic nitrogens is 4. The second kappa shape index (κ2) is 5.51. The minimum Gasteiger partial charge on any atom is -0.328 e. The van der Waals surface area contributed by atoms with Gasteiger partial charge in [0.2, 0.25) is 0 Å². The molecule has 0 saturated carbocycles. The minimum absolute atomic E-state index is 0.119. The molecule has 0 amide bonds. The molecule has 0 aliphatic carbocycles. The third-order valence-corrected chi connectivity index (χ3v) is 4.09. The van der Waals surface area contributed by atoms with E-state index in [4.69, 9.17) is 0 Å². The Balaban J connectivity index is 1.79. The van der Waals surface area contributed by atoms with Crippen LogP contribution in [-0.2, 0) is 7.05 Å². The fraction of sp³-hybridized carbons (Fsp3) is 0.0625. The van der Waals surface area contributed by atoms with Crippen LogP contribution in [0.3, 0.4) is 0 Å². The summed E-state index contributed by atoms with van der Waals surface area (Å²) < 4.78 is 14.7. The topological polar surface area (TPSA) is 55.6 Å². The van der Waals surface area contributed by atoms with Crippen molar-refractivity contribution >= 4 is 45.7 Å². The molecule has 7 heteroatoms. The molecule has 0 atom stereocenters. The normalized spacial score (nSPS) is 11.2. The molecule has 1 N–H and O–H groups in total. The summed E-state index contributed by atoms with van der Waals surface area (Å²) in [4.78, 5) is 13.0. The lowest BCUT2D eigenvalue weighted by atomic mass is 10.2. The molecule has 0 radical (unpaired) electrons. The van der Waals surface area contributed by atoms with Gasteiger partial charge < -0.3 is 9.88 Å². The van der Waals surface area contributed by atoms with Crippen LogP contribution in [0.15, 0.2) is 53.8 Å². The van der Waals surface area contributed by atoms with Crippen molar-refractivity contribution in [2.24, 2.45) is 7.05 Å². The van der Waals surface area contributed by atoms with E-state index >= 15 is 0 Å². The second-order valence-corrected chi connectivity index (χ2v) is 5.66. The van der Waals surface area contributed by atoms with Gasteiger partial charge in [-0.05, 0) is 30.3 Å². The van der Waals surface area contributed by atoms with Crippen LogP contribution in [-0.4, -0.2) is 19.5 Å². The van der Waals surface area contributed by atoms with Gasteiger partial charge in [0, 0.05) is 30.2 Å². The lowest BCUT2D eigenvalue weighted by Gasteiger charge is -2.06. The van der Waals surface area contributed by atoms with Crippen LogP contribution in [0.4, 0.5) is 15.5 Å². The van der Waals surface area contributed by atoms with E-state index in [0.717, 1.165) is 21.9 Å². The van der Waals surface area contributed by atoms with Crippen molar-refractivity contribution in [1.29, 1.82) is 0 Å². The molecule has 4 heterocycles. The van der Waals surface area contributed by atoms with Gasteiger partial charge in [0.05, 0.1) is 5.52 Å². The highest BCUT2D eigenvalue weighted by atomic mass is 32.2. The summed E-state index contributed by atoms with van der Waals surface area (Å²) in [5.74, 6) is 1.21. The van der Waals surface area contributed by atoms with E-state index in [1.807, 2.05) is 36.0 Å². The number of nitrogens with zero attached hydrogens (tertiary/aromatic N) is 4. The minimum atomic E-state index is 0.119. The van der Waals surface area contributed by atoms with Gasteiger partial charge in [-0.1, -0.05) is 6.07 Å². The lowest BCUT2D eigenvalue weighted by Crippen LogP contribution is -1.98. The van der Waals surface area contributed by atoms with Gasteiger partial charge in [-0.2, -0.15) is 3.89 Å². The number of nitrogens with one attached hydrogen (secondary N) is 1. The second-order valence-electron chi connectivity index (χ2n) is 5.08. The van der Waals surface area contributed by atoms with Crippen molar-refractivity contribution in [2.75, 3.05) is 5.32 Å². The summed E-state index contributed by atoms with van der Waals surface area (Å²) in [7, 11) is 1.97. The summed E-state index contributed by atoms with van der Waals surface area (Å²) in [6.07, 6.45) is 3.61. The zero-order chi connectivity index (χ0) is 15.8. The Hall–Kier alpha value is -2.67. The Bertz CT molecular complexity index is 1010. The van der Waals surface area contributed by atoms with Gasteiger partial charge in [-0.25, -0.2) is 9.97 Å². The first-order valence-corrected chi connectivity index (χ1v) is 7.70. The van der Waals surface area contributed by atoms with E-state index in [1.165, 1.54) is 0 Å². The summed E-state index contributed by atoms with van der Waals surface area (Å²) >= 11 is 0.119. The highest BCUT2D eigenvalue weighted by Gasteiger charge is 2.10. The molecule has 0 aliphatic rings. The van der Waals surface area contributed by atoms with Crippen molar-refractivity contribution in [3.8, 4) is 0 Å². The SMILES string of the molecule is Cn1c2ccncc2c2ccc(Nc3cccc(SF)n3)nc21. The summed E-state index contributed by atoms with van der Waals surface area (Å²) in [6.45, 7) is 0. The van der Waals surface area contributed by atoms with Crippen LogP contribution in [0.5, 0.6) is 0 Å². The average molecular weight is 325 g/mol. The maximum absolute atomic E-state index is 12.6. The van der Waals surface area contributed by atoms with E-state index in [1.54, 1.807) is 24.4 Å². The van der Waals surface area contributed by atoms with Crippen LogP contribution in [0.2, 0.25) is 0 Å². The molecule has 114 valence electrons. The molecule has 0 spiro atoms. The Morgan fingerprint density at radius 2 is 1.91 bits per heavy atom. The molecular weight excluding hydrogens is 313 g/mol. The summed E-state index contributed by atoms with van der Waals surface area (Å²) in [6, 6.07) is 11.0. The average Bonchev–Trinajstić information content (AvgIpc) is 2.88. The van der Waals surface area contributed by atoms with Crippen LogP contribution < -0.4 is 5.32 Å². The molecule has 0 bridgehead atoms. The molecule has 4 aromatic heterocycles. The first-order chi connectivity index (χ1) is 11.3. The maximum Gasteiger partial charge on any atom is 0.143 e. The molecule has 0 aliphatic heterocycles. The first-order valence-electron chi connectivity index (χ1n) is 6.98. The highest BCUT2D eigenvalue weighted by molar-refractivity contribution is 7.94. The standard InChI is InChI=1S/C16H12FN5S/c1-22-12-7-8-18-9-11(12)10-5-6-14(21-16(10)22)19-13-3-2-4-15(20-13)23-17/h2-9H,1H3,(H,19,20,21). The smallest absolute Gasteiger partial charge is 0.143 e.